The van der Waals surface area contributed by atoms with Gasteiger partial charge in [0.15, 0.2) is 0 Å². The van der Waals surface area contributed by atoms with Crippen molar-refractivity contribution in [3.05, 3.63) is 35.4 Å². The highest BCUT2D eigenvalue weighted by molar-refractivity contribution is 6.07. The minimum Gasteiger partial charge on any atom is -0.342 e. The van der Waals surface area contributed by atoms with Crippen LogP contribution in [-0.2, 0) is 16.0 Å². The molecular weight excluding hydrogens is 428 g/mol. The summed E-state index contributed by atoms with van der Waals surface area (Å²) in [6.45, 7) is 4.64. The number of nitrogens with zero attached hydrogens (tertiary/aromatic N) is 3. The van der Waals surface area contributed by atoms with Crippen LogP contribution in [0.1, 0.15) is 56.1 Å². The van der Waals surface area contributed by atoms with Crippen molar-refractivity contribution in [1.29, 1.82) is 0 Å². The average molecular weight is 469 g/mol. The zero-order valence-corrected chi connectivity index (χ0v) is 21.0. The van der Waals surface area contributed by atoms with E-state index in [-0.39, 0.29) is 29.7 Å². The molecule has 1 aliphatic carbocycles. The van der Waals surface area contributed by atoms with Crippen molar-refractivity contribution < 1.29 is 14.4 Å². The summed E-state index contributed by atoms with van der Waals surface area (Å²) in [5.41, 5.74) is 1.28. The van der Waals surface area contributed by atoms with Gasteiger partial charge < -0.3 is 15.1 Å². The van der Waals surface area contributed by atoms with Gasteiger partial charge >= 0.3 is 6.03 Å². The Morgan fingerprint density at radius 3 is 2.41 bits per heavy atom. The number of carbonyl (C=O) groups is 3. The van der Waals surface area contributed by atoms with Gasteiger partial charge in [-0.15, -0.1) is 0 Å². The second-order valence-electron chi connectivity index (χ2n) is 10.7. The van der Waals surface area contributed by atoms with Crippen molar-refractivity contribution in [3.63, 3.8) is 0 Å². The third kappa shape index (κ3) is 4.99. The molecule has 2 saturated heterocycles. The van der Waals surface area contributed by atoms with Gasteiger partial charge in [-0.25, -0.2) is 4.79 Å². The zero-order valence-electron chi connectivity index (χ0n) is 21.0. The maximum atomic E-state index is 13.9. The molecule has 1 aromatic rings. The molecule has 7 heteroatoms. The Morgan fingerprint density at radius 1 is 1.09 bits per heavy atom. The smallest absolute Gasteiger partial charge is 0.325 e. The molecule has 1 N–H and O–H groups in total. The van der Waals surface area contributed by atoms with Gasteiger partial charge in [-0.05, 0) is 76.7 Å². The molecule has 3 aliphatic rings. The van der Waals surface area contributed by atoms with Crippen LogP contribution >= 0.6 is 0 Å². The van der Waals surface area contributed by atoms with Crippen molar-refractivity contribution in [2.45, 2.75) is 63.8 Å². The lowest BCUT2D eigenvalue weighted by Crippen LogP contribution is -2.58. The van der Waals surface area contributed by atoms with Gasteiger partial charge in [-0.1, -0.05) is 37.1 Å². The molecule has 4 amide bonds. The molecule has 0 spiro atoms. The van der Waals surface area contributed by atoms with Gasteiger partial charge in [0.05, 0.1) is 0 Å². The fourth-order valence-electron chi connectivity index (χ4n) is 6.07. The van der Waals surface area contributed by atoms with Crippen molar-refractivity contribution in [3.8, 4) is 0 Å². The number of carbonyl (C=O) groups excluding carboxylic acids is 3. The molecule has 4 rings (SSSR count). The van der Waals surface area contributed by atoms with Gasteiger partial charge in [-0.3, -0.25) is 14.5 Å². The van der Waals surface area contributed by atoms with Crippen LogP contribution in [0.3, 0.4) is 0 Å². The Morgan fingerprint density at radius 2 is 1.76 bits per heavy atom. The summed E-state index contributed by atoms with van der Waals surface area (Å²) in [6.07, 6.45) is 7.03. The molecule has 1 aromatic carbocycles. The molecule has 34 heavy (non-hydrogen) atoms. The third-order valence-electron chi connectivity index (χ3n) is 8.13. The number of hydrogen-bond donors (Lipinski definition) is 1. The number of aryl methyl sites for hydroxylation is 1. The standard InChI is InChI=1S/C27H40N4O3/c1-20-9-4-5-12-22(20)19-27(25(33)31(26(34)28-27)16-8-15-29(2)3)23-13-17-30(18-14-23)24(32)21-10-6-7-11-21/h4-5,9,12,21,23H,6-8,10-11,13-19H2,1-3H3,(H,28,34)/t27-/m1/s1. The monoisotopic (exact) mass is 468 g/mol. The first-order valence-corrected chi connectivity index (χ1v) is 12.9. The summed E-state index contributed by atoms with van der Waals surface area (Å²) in [5, 5.41) is 3.17. The summed E-state index contributed by atoms with van der Waals surface area (Å²) in [5.74, 6) is 0.378. The number of piperidine rings is 1. The van der Waals surface area contributed by atoms with E-state index >= 15 is 0 Å². The lowest BCUT2D eigenvalue weighted by molar-refractivity contribution is -0.138. The molecule has 0 bridgehead atoms. The topological polar surface area (TPSA) is 73.0 Å². The molecule has 2 aliphatic heterocycles. The van der Waals surface area contributed by atoms with Crippen molar-refractivity contribution in [2.75, 3.05) is 40.3 Å². The lowest BCUT2D eigenvalue weighted by atomic mass is 9.73. The molecular formula is C27H40N4O3. The quantitative estimate of drug-likeness (QED) is 0.595. The minimum atomic E-state index is -0.941. The van der Waals surface area contributed by atoms with Crippen LogP contribution < -0.4 is 5.32 Å². The van der Waals surface area contributed by atoms with Crippen LogP contribution in [0, 0.1) is 18.8 Å². The Kier molecular flexibility index (Phi) is 7.60. The normalized spacial score (nSPS) is 24.4. The highest BCUT2D eigenvalue weighted by Crippen LogP contribution is 2.38. The van der Waals surface area contributed by atoms with E-state index in [9.17, 15) is 14.4 Å². The molecule has 2 heterocycles. The first-order valence-electron chi connectivity index (χ1n) is 12.9. The first kappa shape index (κ1) is 24.7. The number of imide groups is 1. The largest absolute Gasteiger partial charge is 0.342 e. The zero-order chi connectivity index (χ0) is 24.3. The second-order valence-corrected chi connectivity index (χ2v) is 10.7. The number of rotatable bonds is 8. The predicted molar refractivity (Wildman–Crippen MR) is 132 cm³/mol. The van der Waals surface area contributed by atoms with Crippen molar-refractivity contribution >= 4 is 17.8 Å². The van der Waals surface area contributed by atoms with E-state index in [0.29, 0.717) is 26.1 Å². The van der Waals surface area contributed by atoms with E-state index in [2.05, 4.69) is 29.3 Å². The van der Waals surface area contributed by atoms with E-state index in [1.54, 1.807) is 0 Å². The van der Waals surface area contributed by atoms with E-state index in [4.69, 9.17) is 0 Å². The van der Waals surface area contributed by atoms with Crippen LogP contribution in [0.25, 0.3) is 0 Å². The Hall–Kier alpha value is -2.41. The second kappa shape index (κ2) is 10.5. The highest BCUT2D eigenvalue weighted by atomic mass is 16.2. The Bertz CT molecular complexity index is 903. The average Bonchev–Trinajstić information content (AvgIpc) is 3.44. The van der Waals surface area contributed by atoms with Crippen molar-refractivity contribution in [2.24, 2.45) is 11.8 Å². The Balaban J connectivity index is 1.53. The van der Waals surface area contributed by atoms with Gasteiger partial charge in [0.2, 0.25) is 5.91 Å². The molecule has 1 saturated carbocycles. The summed E-state index contributed by atoms with van der Waals surface area (Å²) in [4.78, 5) is 45.4. The number of amides is 4. The van der Waals surface area contributed by atoms with E-state index in [1.807, 2.05) is 31.1 Å². The molecule has 0 unspecified atom stereocenters. The van der Waals surface area contributed by atoms with Gasteiger partial charge in [0.1, 0.15) is 5.54 Å². The fourth-order valence-corrected chi connectivity index (χ4v) is 6.07. The molecule has 0 aromatic heterocycles. The first-order chi connectivity index (χ1) is 16.3. The lowest BCUT2D eigenvalue weighted by Gasteiger charge is -2.41. The van der Waals surface area contributed by atoms with Crippen LogP contribution in [0.5, 0.6) is 0 Å². The number of nitrogens with one attached hydrogen (secondary N) is 1. The highest BCUT2D eigenvalue weighted by Gasteiger charge is 2.56. The predicted octanol–water partition coefficient (Wildman–Crippen LogP) is 3.21. The van der Waals surface area contributed by atoms with Crippen LogP contribution in [0.15, 0.2) is 24.3 Å². The van der Waals surface area contributed by atoms with E-state index < -0.39 is 5.54 Å². The van der Waals surface area contributed by atoms with Crippen LogP contribution in [-0.4, -0.2) is 78.4 Å². The molecule has 186 valence electrons. The summed E-state index contributed by atoms with van der Waals surface area (Å²) in [7, 11) is 3.99. The van der Waals surface area contributed by atoms with Gasteiger partial charge in [-0.2, -0.15) is 0 Å². The molecule has 7 nitrogen and oxygen atoms in total. The van der Waals surface area contributed by atoms with Crippen molar-refractivity contribution in [1.82, 2.24) is 20.0 Å². The SMILES string of the molecule is Cc1ccccc1C[C@]1(C2CCN(C(=O)C3CCCC3)CC2)NC(=O)N(CCCN(C)C)C1=O. The molecule has 3 fully saturated rings. The Labute approximate surface area is 203 Å². The fraction of sp³-hybridized carbons (Fsp3) is 0.667. The molecule has 0 radical (unpaired) electrons. The molecule has 1 atom stereocenters. The van der Waals surface area contributed by atoms with Gasteiger partial charge in [0.25, 0.3) is 5.91 Å². The maximum absolute atomic E-state index is 13.9. The number of likely N-dealkylation sites (tertiary alicyclic amines) is 1. The number of benzene rings is 1. The van der Waals surface area contributed by atoms with Gasteiger partial charge in [0, 0.05) is 32.0 Å². The van der Waals surface area contributed by atoms with Crippen LogP contribution in [0.2, 0.25) is 0 Å². The number of hydrogen-bond acceptors (Lipinski definition) is 4. The minimum absolute atomic E-state index is 0.00929. The third-order valence-corrected chi connectivity index (χ3v) is 8.13. The van der Waals surface area contributed by atoms with E-state index in [0.717, 1.165) is 62.6 Å². The summed E-state index contributed by atoms with van der Waals surface area (Å²) >= 11 is 0. The summed E-state index contributed by atoms with van der Waals surface area (Å²) < 4.78 is 0. The van der Waals surface area contributed by atoms with Crippen LogP contribution in [0.4, 0.5) is 4.79 Å². The number of urea groups is 1. The van der Waals surface area contributed by atoms with E-state index in [1.165, 1.54) is 4.90 Å². The maximum Gasteiger partial charge on any atom is 0.325 e. The summed E-state index contributed by atoms with van der Waals surface area (Å²) in [6, 6.07) is 7.84.